The molecule has 0 saturated carbocycles. The van der Waals surface area contributed by atoms with Gasteiger partial charge in [-0.2, -0.15) is 0 Å². The highest BCUT2D eigenvalue weighted by Gasteiger charge is 2.27. The Bertz CT molecular complexity index is 1150. The average molecular weight is 398 g/mol. The van der Waals surface area contributed by atoms with E-state index in [1.807, 2.05) is 53.2 Å². The smallest absolute Gasteiger partial charge is 0.229 e. The zero-order valence-electron chi connectivity index (χ0n) is 16.5. The third-order valence-corrected chi connectivity index (χ3v) is 5.57. The summed E-state index contributed by atoms with van der Waals surface area (Å²) in [5.41, 5.74) is 0.861. The Hall–Kier alpha value is -3.74. The highest BCUT2D eigenvalue weighted by molar-refractivity contribution is 6.02. The van der Waals surface area contributed by atoms with Crippen molar-refractivity contribution >= 4 is 28.2 Å². The Balaban J connectivity index is 1.29. The lowest BCUT2D eigenvalue weighted by atomic mass is 9.96. The molecule has 1 saturated heterocycles. The van der Waals surface area contributed by atoms with Gasteiger partial charge >= 0.3 is 0 Å². The van der Waals surface area contributed by atoms with Crippen molar-refractivity contribution in [1.82, 2.24) is 19.7 Å². The molecule has 2 aromatic carbocycles. The minimum absolute atomic E-state index is 0.0547. The van der Waals surface area contributed by atoms with Crippen LogP contribution in [-0.4, -0.2) is 38.7 Å². The van der Waals surface area contributed by atoms with Gasteiger partial charge in [-0.25, -0.2) is 4.98 Å². The summed E-state index contributed by atoms with van der Waals surface area (Å²) in [4.78, 5) is 19.2. The minimum atomic E-state index is -0.0900. The molecule has 5 rings (SSSR count). The molecule has 4 aromatic rings. The lowest BCUT2D eigenvalue weighted by Crippen LogP contribution is -2.41. The van der Waals surface area contributed by atoms with E-state index in [1.165, 1.54) is 0 Å². The molecule has 150 valence electrons. The number of hydrogen-bond donors (Lipinski definition) is 1. The van der Waals surface area contributed by atoms with E-state index >= 15 is 0 Å². The van der Waals surface area contributed by atoms with Crippen molar-refractivity contribution < 1.29 is 4.79 Å². The molecule has 0 spiro atoms. The number of nitrogens with zero attached hydrogens (tertiary/aromatic N) is 5. The summed E-state index contributed by atoms with van der Waals surface area (Å²) in [5, 5.41) is 14.0. The summed E-state index contributed by atoms with van der Waals surface area (Å²) in [6, 6.07) is 18.0. The summed E-state index contributed by atoms with van der Waals surface area (Å²) in [5.74, 6) is 1.48. The quantitative estimate of drug-likeness (QED) is 0.568. The fourth-order valence-electron chi connectivity index (χ4n) is 3.99. The molecule has 3 heterocycles. The maximum absolute atomic E-state index is 13.0. The van der Waals surface area contributed by atoms with Crippen molar-refractivity contribution in [1.29, 1.82) is 0 Å². The lowest BCUT2D eigenvalue weighted by molar-refractivity contribution is -0.120. The number of nitrogens with one attached hydrogen (secondary N) is 1. The van der Waals surface area contributed by atoms with E-state index in [-0.39, 0.29) is 11.8 Å². The fraction of sp³-hybridized carbons (Fsp3) is 0.217. The summed E-state index contributed by atoms with van der Waals surface area (Å²) < 4.78 is 1.81. The molecule has 1 fully saturated rings. The maximum Gasteiger partial charge on any atom is 0.229 e. The highest BCUT2D eigenvalue weighted by Crippen LogP contribution is 2.26. The van der Waals surface area contributed by atoms with Gasteiger partial charge < -0.3 is 10.2 Å². The Labute approximate surface area is 174 Å². The second kappa shape index (κ2) is 7.94. The van der Waals surface area contributed by atoms with Crippen LogP contribution in [0.5, 0.6) is 0 Å². The van der Waals surface area contributed by atoms with E-state index < -0.39 is 0 Å². The van der Waals surface area contributed by atoms with Gasteiger partial charge in [-0.3, -0.25) is 9.36 Å². The molecular formula is C23H22N6O. The van der Waals surface area contributed by atoms with Crippen molar-refractivity contribution in [3.8, 4) is 5.82 Å². The van der Waals surface area contributed by atoms with Gasteiger partial charge in [-0.05, 0) is 36.4 Å². The van der Waals surface area contributed by atoms with Gasteiger partial charge in [-0.15, -0.1) is 10.2 Å². The van der Waals surface area contributed by atoms with E-state index in [0.29, 0.717) is 6.54 Å². The van der Waals surface area contributed by atoms with Gasteiger partial charge in [0, 0.05) is 36.6 Å². The van der Waals surface area contributed by atoms with Gasteiger partial charge in [0.05, 0.1) is 5.92 Å². The van der Waals surface area contributed by atoms with Crippen LogP contribution in [0.2, 0.25) is 0 Å². The molecule has 1 atom stereocenters. The number of fused-ring (bicyclic) bond motifs is 1. The second-order valence-electron chi connectivity index (χ2n) is 7.52. The molecule has 1 aliphatic heterocycles. The van der Waals surface area contributed by atoms with Crippen molar-refractivity contribution in [2.45, 2.75) is 12.8 Å². The van der Waals surface area contributed by atoms with Gasteiger partial charge in [0.25, 0.3) is 0 Å². The average Bonchev–Trinajstić information content (AvgIpc) is 3.35. The number of hydrogen-bond acceptors (Lipinski definition) is 5. The van der Waals surface area contributed by atoms with Crippen molar-refractivity contribution in [3.63, 3.8) is 0 Å². The van der Waals surface area contributed by atoms with Crippen molar-refractivity contribution in [2.75, 3.05) is 23.3 Å². The predicted octanol–water partition coefficient (Wildman–Crippen LogP) is 3.67. The van der Waals surface area contributed by atoms with E-state index in [0.717, 1.165) is 47.5 Å². The van der Waals surface area contributed by atoms with E-state index in [4.69, 9.17) is 0 Å². The zero-order valence-corrected chi connectivity index (χ0v) is 16.5. The molecule has 0 radical (unpaired) electrons. The minimum Gasteiger partial charge on any atom is -0.354 e. The molecule has 1 amide bonds. The van der Waals surface area contributed by atoms with Crippen LogP contribution >= 0.6 is 0 Å². The predicted molar refractivity (Wildman–Crippen MR) is 117 cm³/mol. The van der Waals surface area contributed by atoms with Crippen LogP contribution in [0.1, 0.15) is 12.8 Å². The molecular weight excluding hydrogens is 376 g/mol. The number of aromatic nitrogens is 4. The molecule has 7 nitrogen and oxygen atoms in total. The number of imidazole rings is 1. The number of piperidine rings is 1. The zero-order chi connectivity index (χ0) is 20.3. The largest absolute Gasteiger partial charge is 0.354 e. The van der Waals surface area contributed by atoms with Gasteiger partial charge in [-0.1, -0.05) is 36.4 Å². The van der Waals surface area contributed by atoms with E-state index in [1.54, 1.807) is 12.5 Å². The topological polar surface area (TPSA) is 75.9 Å². The Morgan fingerprint density at radius 2 is 1.83 bits per heavy atom. The van der Waals surface area contributed by atoms with Gasteiger partial charge in [0.15, 0.2) is 11.6 Å². The highest BCUT2D eigenvalue weighted by atomic mass is 16.1. The van der Waals surface area contributed by atoms with Crippen LogP contribution in [0.25, 0.3) is 16.6 Å². The first-order valence-corrected chi connectivity index (χ1v) is 10.1. The second-order valence-corrected chi connectivity index (χ2v) is 7.52. The Morgan fingerprint density at radius 3 is 2.67 bits per heavy atom. The standard InChI is InChI=1S/C23H22N6O/c30-23(25-20-9-3-6-17-5-1-2-8-19(17)20)18-7-4-13-28(15-18)21-10-11-22(27-26-21)29-14-12-24-16-29/h1-3,5-6,8-12,14,16,18H,4,7,13,15H2,(H,25,30)/t18-/m0/s1. The first-order chi connectivity index (χ1) is 14.8. The molecule has 0 bridgehead atoms. The first kappa shape index (κ1) is 18.3. The van der Waals surface area contributed by atoms with Crippen LogP contribution in [0.3, 0.4) is 0 Å². The number of rotatable bonds is 4. The SMILES string of the molecule is O=C(Nc1cccc2ccccc12)[C@H]1CCCN(c2ccc(-n3ccnc3)nn2)C1. The van der Waals surface area contributed by atoms with Crippen LogP contribution in [0, 0.1) is 5.92 Å². The third-order valence-electron chi connectivity index (χ3n) is 5.57. The molecule has 1 aliphatic rings. The molecule has 7 heteroatoms. The van der Waals surface area contributed by atoms with Gasteiger partial charge in [0.2, 0.25) is 5.91 Å². The molecule has 0 aliphatic carbocycles. The molecule has 30 heavy (non-hydrogen) atoms. The Kier molecular flexibility index (Phi) is 4.85. The van der Waals surface area contributed by atoms with Crippen molar-refractivity contribution in [2.24, 2.45) is 5.92 Å². The summed E-state index contributed by atoms with van der Waals surface area (Å²) in [6.07, 6.45) is 7.04. The van der Waals surface area contributed by atoms with Crippen molar-refractivity contribution in [3.05, 3.63) is 73.3 Å². The third kappa shape index (κ3) is 3.61. The number of amides is 1. The van der Waals surface area contributed by atoms with Crippen LogP contribution < -0.4 is 10.2 Å². The molecule has 2 aromatic heterocycles. The molecule has 0 unspecified atom stereocenters. The van der Waals surface area contributed by atoms with E-state index in [2.05, 4.69) is 37.5 Å². The summed E-state index contributed by atoms with van der Waals surface area (Å²) in [6.45, 7) is 1.51. The van der Waals surface area contributed by atoms with Crippen LogP contribution in [-0.2, 0) is 4.79 Å². The Morgan fingerprint density at radius 1 is 1.00 bits per heavy atom. The number of carbonyl (C=O) groups is 1. The monoisotopic (exact) mass is 398 g/mol. The lowest BCUT2D eigenvalue weighted by Gasteiger charge is -2.32. The van der Waals surface area contributed by atoms with Gasteiger partial charge in [0.1, 0.15) is 6.33 Å². The fourth-order valence-corrected chi connectivity index (χ4v) is 3.99. The van der Waals surface area contributed by atoms with E-state index in [9.17, 15) is 4.79 Å². The van der Waals surface area contributed by atoms with Crippen LogP contribution in [0.15, 0.2) is 73.3 Å². The molecule has 1 N–H and O–H groups in total. The first-order valence-electron chi connectivity index (χ1n) is 10.1. The number of carbonyl (C=O) groups excluding carboxylic acids is 1. The number of benzene rings is 2. The summed E-state index contributed by atoms with van der Waals surface area (Å²) >= 11 is 0. The summed E-state index contributed by atoms with van der Waals surface area (Å²) in [7, 11) is 0. The normalized spacial score (nSPS) is 16.5. The number of anilines is 2. The maximum atomic E-state index is 13.0. The van der Waals surface area contributed by atoms with Crippen LogP contribution in [0.4, 0.5) is 11.5 Å².